The molecule has 1 amide bonds. The van der Waals surface area contributed by atoms with Crippen LogP contribution in [-0.4, -0.2) is 47.5 Å². The number of amides is 1. The predicted molar refractivity (Wildman–Crippen MR) is 75.5 cm³/mol. The van der Waals surface area contributed by atoms with Crippen LogP contribution in [-0.2, 0) is 4.79 Å². The monoisotopic (exact) mass is 258 g/mol. The first kappa shape index (κ1) is 14.8. The molecule has 4 heteroatoms. The Kier molecular flexibility index (Phi) is 6.97. The van der Waals surface area contributed by atoms with Crippen LogP contribution in [0.4, 0.5) is 0 Å². The first-order chi connectivity index (χ1) is 8.19. The average molecular weight is 258 g/mol. The van der Waals surface area contributed by atoms with Crippen molar-refractivity contribution in [3.63, 3.8) is 0 Å². The summed E-state index contributed by atoms with van der Waals surface area (Å²) in [6.45, 7) is 8.63. The fraction of sp³-hybridized carbons (Fsp3) is 0.923. The van der Waals surface area contributed by atoms with Gasteiger partial charge in [-0.25, -0.2) is 0 Å². The van der Waals surface area contributed by atoms with Crippen molar-refractivity contribution in [1.82, 2.24) is 10.2 Å². The van der Waals surface area contributed by atoms with E-state index in [1.54, 1.807) is 0 Å². The van der Waals surface area contributed by atoms with Gasteiger partial charge in [-0.1, -0.05) is 6.42 Å². The molecule has 0 aromatic rings. The number of hydrogen-bond donors (Lipinski definition) is 1. The molecule has 0 aliphatic carbocycles. The van der Waals surface area contributed by atoms with Crippen LogP contribution in [0.1, 0.15) is 40.0 Å². The summed E-state index contributed by atoms with van der Waals surface area (Å²) < 4.78 is 0. The minimum absolute atomic E-state index is 0.0440. The van der Waals surface area contributed by atoms with Crippen molar-refractivity contribution in [3.8, 4) is 0 Å². The number of rotatable bonds is 6. The lowest BCUT2D eigenvalue weighted by Crippen LogP contribution is -2.46. The zero-order valence-electron chi connectivity index (χ0n) is 11.4. The summed E-state index contributed by atoms with van der Waals surface area (Å²) in [6.07, 6.45) is 4.00. The van der Waals surface area contributed by atoms with Gasteiger partial charge in [-0.15, -0.1) is 0 Å². The Hall–Kier alpha value is -0.220. The van der Waals surface area contributed by atoms with Crippen LogP contribution < -0.4 is 5.32 Å². The van der Waals surface area contributed by atoms with Crippen molar-refractivity contribution in [2.45, 2.75) is 51.3 Å². The summed E-state index contributed by atoms with van der Waals surface area (Å²) in [5, 5.41) is 4.09. The Balaban J connectivity index is 2.27. The molecule has 1 aliphatic rings. The number of thioether (sulfide) groups is 1. The second-order valence-electron chi connectivity index (χ2n) is 4.63. The molecule has 1 rings (SSSR count). The molecule has 17 heavy (non-hydrogen) atoms. The van der Waals surface area contributed by atoms with Gasteiger partial charge in [0, 0.05) is 24.9 Å². The van der Waals surface area contributed by atoms with Gasteiger partial charge in [0.15, 0.2) is 0 Å². The lowest BCUT2D eigenvalue weighted by atomic mass is 10.2. The van der Waals surface area contributed by atoms with Gasteiger partial charge in [-0.2, -0.15) is 11.8 Å². The highest BCUT2D eigenvalue weighted by molar-refractivity contribution is 7.99. The fourth-order valence-electron chi connectivity index (χ4n) is 2.17. The van der Waals surface area contributed by atoms with Crippen LogP contribution in [0.2, 0.25) is 0 Å². The van der Waals surface area contributed by atoms with Crippen molar-refractivity contribution in [3.05, 3.63) is 0 Å². The quantitative estimate of drug-likeness (QED) is 0.792. The van der Waals surface area contributed by atoms with Crippen LogP contribution in [0, 0.1) is 0 Å². The number of nitrogens with one attached hydrogen (secondary N) is 1. The van der Waals surface area contributed by atoms with E-state index in [2.05, 4.69) is 5.32 Å². The maximum absolute atomic E-state index is 12.0. The highest BCUT2D eigenvalue weighted by Crippen LogP contribution is 2.24. The molecule has 1 N–H and O–H groups in total. The standard InChI is InChI=1S/C13H26N2OS/c1-4-15(5-2)13(16)11(3)14-10-12-8-6-7-9-17-12/h11-12,14H,4-10H2,1-3H3. The van der Waals surface area contributed by atoms with Crippen LogP contribution in [0.3, 0.4) is 0 Å². The van der Waals surface area contributed by atoms with Crippen LogP contribution in [0.15, 0.2) is 0 Å². The molecular formula is C13H26N2OS. The Labute approximate surface area is 110 Å². The molecule has 100 valence electrons. The maximum atomic E-state index is 12.0. The van der Waals surface area contributed by atoms with E-state index >= 15 is 0 Å². The van der Waals surface area contributed by atoms with Crippen molar-refractivity contribution in [1.29, 1.82) is 0 Å². The van der Waals surface area contributed by atoms with Gasteiger partial charge in [0.1, 0.15) is 0 Å². The third-order valence-corrected chi connectivity index (χ3v) is 4.77. The summed E-state index contributed by atoms with van der Waals surface area (Å²) in [6, 6.07) is -0.0440. The lowest BCUT2D eigenvalue weighted by molar-refractivity contribution is -0.132. The highest BCUT2D eigenvalue weighted by Gasteiger charge is 2.20. The summed E-state index contributed by atoms with van der Waals surface area (Å²) in [5.41, 5.74) is 0. The van der Waals surface area contributed by atoms with E-state index < -0.39 is 0 Å². The van der Waals surface area contributed by atoms with Crippen molar-refractivity contribution >= 4 is 17.7 Å². The van der Waals surface area contributed by atoms with E-state index in [9.17, 15) is 4.79 Å². The lowest BCUT2D eigenvalue weighted by Gasteiger charge is -2.26. The van der Waals surface area contributed by atoms with E-state index in [0.717, 1.165) is 19.6 Å². The van der Waals surface area contributed by atoms with E-state index in [0.29, 0.717) is 5.25 Å². The molecule has 0 radical (unpaired) electrons. The Morgan fingerprint density at radius 1 is 1.41 bits per heavy atom. The fourth-order valence-corrected chi connectivity index (χ4v) is 3.42. The first-order valence-corrected chi connectivity index (χ1v) is 7.87. The third kappa shape index (κ3) is 4.88. The molecule has 2 atom stereocenters. The molecule has 0 aromatic carbocycles. The van der Waals surface area contributed by atoms with Crippen molar-refractivity contribution in [2.75, 3.05) is 25.4 Å². The third-order valence-electron chi connectivity index (χ3n) is 3.37. The number of nitrogens with zero attached hydrogens (tertiary/aromatic N) is 1. The molecule has 0 aromatic heterocycles. The Morgan fingerprint density at radius 2 is 2.12 bits per heavy atom. The normalized spacial score (nSPS) is 22.2. The molecular weight excluding hydrogens is 232 g/mol. The minimum Gasteiger partial charge on any atom is -0.342 e. The zero-order chi connectivity index (χ0) is 12.7. The van der Waals surface area contributed by atoms with E-state index in [1.165, 1.54) is 25.0 Å². The molecule has 1 fully saturated rings. The molecule has 0 saturated carbocycles. The molecule has 1 aliphatic heterocycles. The molecule has 1 saturated heterocycles. The van der Waals surface area contributed by atoms with Crippen molar-refractivity contribution < 1.29 is 4.79 Å². The zero-order valence-corrected chi connectivity index (χ0v) is 12.2. The van der Waals surface area contributed by atoms with Gasteiger partial charge in [-0.3, -0.25) is 4.79 Å². The maximum Gasteiger partial charge on any atom is 0.239 e. The molecule has 0 spiro atoms. The molecule has 2 unspecified atom stereocenters. The van der Waals surface area contributed by atoms with Gasteiger partial charge in [0.25, 0.3) is 0 Å². The number of carbonyl (C=O) groups excluding carboxylic acids is 1. The van der Waals surface area contributed by atoms with Gasteiger partial charge in [0.2, 0.25) is 5.91 Å². The van der Waals surface area contributed by atoms with E-state index in [1.807, 2.05) is 37.4 Å². The van der Waals surface area contributed by atoms with Crippen LogP contribution in [0.25, 0.3) is 0 Å². The van der Waals surface area contributed by atoms with E-state index in [4.69, 9.17) is 0 Å². The van der Waals surface area contributed by atoms with Gasteiger partial charge < -0.3 is 10.2 Å². The topological polar surface area (TPSA) is 32.3 Å². The molecule has 3 nitrogen and oxygen atoms in total. The van der Waals surface area contributed by atoms with Crippen molar-refractivity contribution in [2.24, 2.45) is 0 Å². The van der Waals surface area contributed by atoms with Gasteiger partial charge >= 0.3 is 0 Å². The SMILES string of the molecule is CCN(CC)C(=O)C(C)NCC1CCCCS1. The second kappa shape index (κ2) is 7.98. The average Bonchev–Trinajstić information content (AvgIpc) is 2.38. The predicted octanol–water partition coefficient (Wildman–Crippen LogP) is 2.12. The summed E-state index contributed by atoms with van der Waals surface area (Å²) in [5.74, 6) is 1.51. The van der Waals surface area contributed by atoms with Crippen LogP contribution in [0.5, 0.6) is 0 Å². The Bertz CT molecular complexity index is 225. The number of hydrogen-bond acceptors (Lipinski definition) is 3. The van der Waals surface area contributed by atoms with E-state index in [-0.39, 0.29) is 11.9 Å². The van der Waals surface area contributed by atoms with Gasteiger partial charge in [-0.05, 0) is 39.4 Å². The minimum atomic E-state index is -0.0440. The summed E-state index contributed by atoms with van der Waals surface area (Å²) in [7, 11) is 0. The number of carbonyl (C=O) groups is 1. The highest BCUT2D eigenvalue weighted by atomic mass is 32.2. The number of likely N-dealkylation sites (N-methyl/N-ethyl adjacent to an activating group) is 1. The second-order valence-corrected chi connectivity index (χ2v) is 6.04. The first-order valence-electron chi connectivity index (χ1n) is 6.82. The van der Waals surface area contributed by atoms with Gasteiger partial charge in [0.05, 0.1) is 6.04 Å². The largest absolute Gasteiger partial charge is 0.342 e. The molecule has 1 heterocycles. The smallest absolute Gasteiger partial charge is 0.239 e. The molecule has 0 bridgehead atoms. The summed E-state index contributed by atoms with van der Waals surface area (Å²) in [4.78, 5) is 13.9. The Morgan fingerprint density at radius 3 is 2.65 bits per heavy atom. The van der Waals surface area contributed by atoms with Crippen LogP contribution >= 0.6 is 11.8 Å². The summed E-state index contributed by atoms with van der Waals surface area (Å²) >= 11 is 2.05.